The molecule has 5 nitrogen and oxygen atoms in total. The number of nitrogens with one attached hydrogen (secondary N) is 2. The number of anilines is 1. The third-order valence-corrected chi connectivity index (χ3v) is 2.87. The van der Waals surface area contributed by atoms with Crippen LogP contribution in [0.4, 0.5) is 5.69 Å². The van der Waals surface area contributed by atoms with Crippen molar-refractivity contribution in [3.8, 4) is 0 Å². The van der Waals surface area contributed by atoms with Gasteiger partial charge in [-0.1, -0.05) is 0 Å². The largest absolute Gasteiger partial charge is 0.346 e. The Morgan fingerprint density at radius 2 is 1.79 bits per heavy atom. The van der Waals surface area contributed by atoms with Gasteiger partial charge in [-0.15, -0.1) is 0 Å². The van der Waals surface area contributed by atoms with Gasteiger partial charge in [0.05, 0.1) is 6.04 Å². The van der Waals surface area contributed by atoms with Crippen molar-refractivity contribution < 1.29 is 4.79 Å². The summed E-state index contributed by atoms with van der Waals surface area (Å²) in [5.41, 5.74) is 4.90. The zero-order chi connectivity index (χ0) is 13.7. The number of pyridine rings is 1. The van der Waals surface area contributed by atoms with E-state index in [2.05, 4.69) is 15.7 Å². The second-order valence-electron chi connectivity index (χ2n) is 4.20. The zero-order valence-electron chi connectivity index (χ0n) is 10.6. The number of hydrogen-bond acceptors (Lipinski definition) is 4. The van der Waals surface area contributed by atoms with Gasteiger partial charge in [0.1, 0.15) is 0 Å². The summed E-state index contributed by atoms with van der Waals surface area (Å²) in [6.07, 6.45) is 3.42. The van der Waals surface area contributed by atoms with Crippen molar-refractivity contribution in [1.29, 1.82) is 0 Å². The average molecular weight is 256 g/mol. The van der Waals surface area contributed by atoms with Gasteiger partial charge in [0.25, 0.3) is 5.91 Å². The molecule has 1 heterocycles. The Bertz CT molecular complexity index is 539. The van der Waals surface area contributed by atoms with Crippen molar-refractivity contribution in [3.05, 3.63) is 59.9 Å². The van der Waals surface area contributed by atoms with Crippen LogP contribution in [0.15, 0.2) is 48.8 Å². The molecule has 1 amide bonds. The lowest BCUT2D eigenvalue weighted by Gasteiger charge is -2.14. The molecule has 98 valence electrons. The van der Waals surface area contributed by atoms with Crippen LogP contribution in [0.5, 0.6) is 0 Å². The highest BCUT2D eigenvalue weighted by Crippen LogP contribution is 2.13. The number of aromatic nitrogens is 1. The summed E-state index contributed by atoms with van der Waals surface area (Å²) >= 11 is 0. The molecule has 1 aromatic carbocycles. The van der Waals surface area contributed by atoms with Crippen molar-refractivity contribution in [2.75, 3.05) is 5.43 Å². The molecule has 5 heteroatoms. The van der Waals surface area contributed by atoms with Crippen molar-refractivity contribution in [2.45, 2.75) is 13.0 Å². The number of carbonyl (C=O) groups is 1. The van der Waals surface area contributed by atoms with Crippen molar-refractivity contribution in [3.63, 3.8) is 0 Å². The van der Waals surface area contributed by atoms with Crippen LogP contribution in [0.2, 0.25) is 0 Å². The van der Waals surface area contributed by atoms with E-state index in [9.17, 15) is 4.79 Å². The second kappa shape index (κ2) is 5.97. The quantitative estimate of drug-likeness (QED) is 0.576. The van der Waals surface area contributed by atoms with E-state index in [1.807, 2.05) is 19.1 Å². The van der Waals surface area contributed by atoms with Gasteiger partial charge in [-0.25, -0.2) is 0 Å². The number of nitrogens with zero attached hydrogens (tertiary/aromatic N) is 1. The van der Waals surface area contributed by atoms with E-state index in [0.717, 1.165) is 11.3 Å². The molecular formula is C14H16N4O. The molecular weight excluding hydrogens is 240 g/mol. The number of hydrogen-bond donors (Lipinski definition) is 3. The first-order valence-corrected chi connectivity index (χ1v) is 5.98. The minimum absolute atomic E-state index is 0.0668. The maximum atomic E-state index is 12.0. The van der Waals surface area contributed by atoms with Crippen LogP contribution in [0.25, 0.3) is 0 Å². The lowest BCUT2D eigenvalue weighted by Crippen LogP contribution is -2.26. The smallest absolute Gasteiger partial charge is 0.251 e. The summed E-state index contributed by atoms with van der Waals surface area (Å²) < 4.78 is 0. The van der Waals surface area contributed by atoms with E-state index in [0.29, 0.717) is 5.56 Å². The summed E-state index contributed by atoms with van der Waals surface area (Å²) in [6.45, 7) is 1.93. The van der Waals surface area contributed by atoms with E-state index in [1.165, 1.54) is 0 Å². The van der Waals surface area contributed by atoms with Crippen molar-refractivity contribution in [1.82, 2.24) is 10.3 Å². The number of amides is 1. The van der Waals surface area contributed by atoms with Crippen LogP contribution in [-0.4, -0.2) is 10.9 Å². The number of nitrogen functional groups attached to an aromatic ring is 1. The molecule has 0 radical (unpaired) electrons. The fraction of sp³-hybridized carbons (Fsp3) is 0.143. The average Bonchev–Trinajstić information content (AvgIpc) is 2.48. The van der Waals surface area contributed by atoms with Crippen LogP contribution in [0.1, 0.15) is 28.9 Å². The molecule has 4 N–H and O–H groups in total. The number of rotatable bonds is 4. The highest BCUT2D eigenvalue weighted by Gasteiger charge is 2.10. The molecule has 0 fully saturated rings. The molecule has 1 aromatic heterocycles. The summed E-state index contributed by atoms with van der Waals surface area (Å²) in [7, 11) is 0. The van der Waals surface area contributed by atoms with Gasteiger partial charge in [0.15, 0.2) is 0 Å². The molecule has 0 aliphatic heterocycles. The fourth-order valence-electron chi connectivity index (χ4n) is 1.73. The Labute approximate surface area is 111 Å². The van der Waals surface area contributed by atoms with E-state index in [-0.39, 0.29) is 11.9 Å². The van der Waals surface area contributed by atoms with E-state index < -0.39 is 0 Å². The van der Waals surface area contributed by atoms with Crippen molar-refractivity contribution in [2.24, 2.45) is 5.84 Å². The number of carbonyl (C=O) groups excluding carboxylic acids is 1. The Morgan fingerprint density at radius 1 is 1.16 bits per heavy atom. The summed E-state index contributed by atoms with van der Waals surface area (Å²) in [6, 6.07) is 10.7. The Morgan fingerprint density at radius 3 is 2.37 bits per heavy atom. The Kier molecular flexibility index (Phi) is 4.10. The normalized spacial score (nSPS) is 11.7. The standard InChI is InChI=1S/C14H16N4O/c1-10(11-6-8-16-9-7-11)17-14(19)12-2-4-13(18-15)5-3-12/h2-10,18H,15H2,1H3,(H,17,19). The maximum absolute atomic E-state index is 12.0. The lowest BCUT2D eigenvalue weighted by molar-refractivity contribution is 0.0940. The molecule has 0 aliphatic carbocycles. The van der Waals surface area contributed by atoms with Gasteiger partial charge in [0.2, 0.25) is 0 Å². The fourth-order valence-corrected chi connectivity index (χ4v) is 1.73. The lowest BCUT2D eigenvalue weighted by atomic mass is 10.1. The van der Waals surface area contributed by atoms with E-state index in [4.69, 9.17) is 5.84 Å². The molecule has 0 saturated carbocycles. The van der Waals surface area contributed by atoms with Crippen LogP contribution in [0, 0.1) is 0 Å². The predicted molar refractivity (Wildman–Crippen MR) is 74.4 cm³/mol. The minimum Gasteiger partial charge on any atom is -0.346 e. The van der Waals surface area contributed by atoms with Crippen LogP contribution < -0.4 is 16.6 Å². The molecule has 0 aliphatic rings. The highest BCUT2D eigenvalue weighted by molar-refractivity contribution is 5.94. The first kappa shape index (κ1) is 13.0. The van der Waals surface area contributed by atoms with Gasteiger partial charge < -0.3 is 10.7 Å². The molecule has 0 saturated heterocycles. The Hall–Kier alpha value is -2.40. The second-order valence-corrected chi connectivity index (χ2v) is 4.20. The summed E-state index contributed by atoms with van der Waals surface area (Å²) in [5, 5.41) is 2.93. The first-order chi connectivity index (χ1) is 9.20. The van der Waals surface area contributed by atoms with Gasteiger partial charge in [-0.2, -0.15) is 0 Å². The molecule has 2 rings (SSSR count). The summed E-state index contributed by atoms with van der Waals surface area (Å²) in [4.78, 5) is 16.0. The number of benzene rings is 1. The molecule has 0 bridgehead atoms. The number of nitrogens with two attached hydrogens (primary N) is 1. The van der Waals surface area contributed by atoms with Crippen LogP contribution in [0.3, 0.4) is 0 Å². The SMILES string of the molecule is CC(NC(=O)c1ccc(NN)cc1)c1ccncc1. The monoisotopic (exact) mass is 256 g/mol. The molecule has 19 heavy (non-hydrogen) atoms. The molecule has 1 unspecified atom stereocenters. The Balaban J connectivity index is 2.04. The minimum atomic E-state index is -0.118. The van der Waals surface area contributed by atoms with Crippen molar-refractivity contribution >= 4 is 11.6 Å². The zero-order valence-corrected chi connectivity index (χ0v) is 10.6. The predicted octanol–water partition coefficient (Wildman–Crippen LogP) is 1.86. The van der Waals surface area contributed by atoms with Crippen LogP contribution in [-0.2, 0) is 0 Å². The number of hydrazine groups is 1. The van der Waals surface area contributed by atoms with Gasteiger partial charge >= 0.3 is 0 Å². The molecule has 0 spiro atoms. The van der Waals surface area contributed by atoms with Gasteiger partial charge in [-0.3, -0.25) is 15.6 Å². The molecule has 2 aromatic rings. The van der Waals surface area contributed by atoms with E-state index >= 15 is 0 Å². The van der Waals surface area contributed by atoms with E-state index in [1.54, 1.807) is 36.7 Å². The third-order valence-electron chi connectivity index (χ3n) is 2.87. The topological polar surface area (TPSA) is 80.0 Å². The third kappa shape index (κ3) is 3.29. The van der Waals surface area contributed by atoms with Gasteiger partial charge in [0, 0.05) is 23.6 Å². The highest BCUT2D eigenvalue weighted by atomic mass is 16.1. The van der Waals surface area contributed by atoms with Gasteiger partial charge in [-0.05, 0) is 48.9 Å². The summed E-state index contributed by atoms with van der Waals surface area (Å²) in [5.74, 6) is 5.16. The maximum Gasteiger partial charge on any atom is 0.251 e. The first-order valence-electron chi connectivity index (χ1n) is 5.98. The van der Waals surface area contributed by atoms with Crippen LogP contribution >= 0.6 is 0 Å². The molecule has 1 atom stereocenters.